The van der Waals surface area contributed by atoms with E-state index in [1.165, 1.54) is 11.0 Å². The summed E-state index contributed by atoms with van der Waals surface area (Å²) in [7, 11) is 0. The maximum absolute atomic E-state index is 15.2. The summed E-state index contributed by atoms with van der Waals surface area (Å²) in [5.41, 5.74) is -1.10. The smallest absolute Gasteiger partial charge is 0.258 e. The molecule has 3 heterocycles. The molecule has 3 saturated heterocycles. The number of phenols is 1. The van der Waals surface area contributed by atoms with Gasteiger partial charge in [-0.3, -0.25) is 29.0 Å². The lowest BCUT2D eigenvalue weighted by Gasteiger charge is -2.50. The van der Waals surface area contributed by atoms with E-state index in [0.29, 0.717) is 32.5 Å². The van der Waals surface area contributed by atoms with E-state index in [4.69, 9.17) is 23.2 Å². The van der Waals surface area contributed by atoms with Crippen molar-refractivity contribution in [2.75, 3.05) is 18.0 Å². The van der Waals surface area contributed by atoms with Gasteiger partial charge in [0.15, 0.2) is 44.6 Å². The van der Waals surface area contributed by atoms with Gasteiger partial charge in [-0.2, -0.15) is 0 Å². The Hall–Kier alpha value is -4.40. The van der Waals surface area contributed by atoms with E-state index in [2.05, 4.69) is 4.90 Å². The van der Waals surface area contributed by atoms with Crippen LogP contribution in [-0.4, -0.2) is 67.4 Å². The maximum atomic E-state index is 15.2. The van der Waals surface area contributed by atoms with Crippen molar-refractivity contribution in [3.63, 3.8) is 0 Å². The van der Waals surface area contributed by atoms with Crippen molar-refractivity contribution in [1.82, 2.24) is 9.80 Å². The Bertz CT molecular complexity index is 2160. The molecule has 6 atom stereocenters. The van der Waals surface area contributed by atoms with E-state index in [0.717, 1.165) is 23.8 Å². The van der Waals surface area contributed by atoms with E-state index in [1.54, 1.807) is 0 Å². The molecular weight excluding hydrogens is 763 g/mol. The highest BCUT2D eigenvalue weighted by Gasteiger charge is 2.77. The summed E-state index contributed by atoms with van der Waals surface area (Å²) >= 11 is 14.2. The predicted molar refractivity (Wildman–Crippen MR) is 181 cm³/mol. The van der Waals surface area contributed by atoms with Gasteiger partial charge in [0.05, 0.1) is 11.8 Å². The molecule has 5 aliphatic rings. The maximum Gasteiger partial charge on any atom is 0.258 e. The Morgan fingerprint density at radius 3 is 2.04 bits per heavy atom. The van der Waals surface area contributed by atoms with Crippen LogP contribution in [0.2, 0.25) is 0 Å². The molecule has 1 N–H and O–H groups in total. The number of likely N-dealkylation sites (tertiary alicyclic amines) is 2. The summed E-state index contributed by atoms with van der Waals surface area (Å²) in [5.74, 6) is -24.2. The van der Waals surface area contributed by atoms with E-state index in [-0.39, 0.29) is 16.9 Å². The third-order valence-electron chi connectivity index (χ3n) is 11.8. The van der Waals surface area contributed by atoms with Crippen LogP contribution in [0.25, 0.3) is 0 Å². The third-order valence-corrected chi connectivity index (χ3v) is 13.2. The Balaban J connectivity index is 1.19. The standard InChI is InChI=1S/C38H29Cl2F6N3O5/c39-37-15-22-19(9-10-20-24(22)34(52)48(33(20)51)18-11-13-47(14-12-18)16-17-5-2-1-3-6-17)25(21-7-4-8-23(41)32(21)50)38(37,40)36(54)49(35(37)53)31-29(45)27(43)26(42)28(44)30(31)46/h1-9,18,20,22,24-25,50H,10-16H2. The number of carbonyl (C=O) groups excluding carboxylic acids is 4. The number of nitrogens with zero attached hydrogens (tertiary/aromatic N) is 3. The molecule has 54 heavy (non-hydrogen) atoms. The van der Waals surface area contributed by atoms with Gasteiger partial charge in [0.25, 0.3) is 11.8 Å². The molecular formula is C38H29Cl2F6N3O5. The number of benzene rings is 3. The van der Waals surface area contributed by atoms with Gasteiger partial charge in [0, 0.05) is 37.2 Å². The van der Waals surface area contributed by atoms with E-state index in [9.17, 15) is 41.8 Å². The zero-order valence-corrected chi connectivity index (χ0v) is 29.5. The molecule has 4 fully saturated rings. The van der Waals surface area contributed by atoms with Crippen molar-refractivity contribution >= 4 is 52.5 Å². The molecule has 0 aromatic heterocycles. The number of piperidine rings is 1. The molecule has 6 unspecified atom stereocenters. The first-order valence-corrected chi connectivity index (χ1v) is 18.0. The molecule has 1 saturated carbocycles. The van der Waals surface area contributed by atoms with Crippen molar-refractivity contribution in [1.29, 1.82) is 0 Å². The fraction of sp³-hybridized carbons (Fsp3) is 0.368. The molecule has 3 aromatic carbocycles. The van der Waals surface area contributed by atoms with Gasteiger partial charge in [-0.25, -0.2) is 31.2 Å². The van der Waals surface area contributed by atoms with Gasteiger partial charge in [0.2, 0.25) is 17.6 Å². The number of para-hydroxylation sites is 1. The zero-order valence-electron chi connectivity index (χ0n) is 28.0. The molecule has 0 bridgehead atoms. The van der Waals surface area contributed by atoms with Crippen molar-refractivity contribution in [2.24, 2.45) is 17.8 Å². The van der Waals surface area contributed by atoms with E-state index >= 15 is 8.78 Å². The highest BCUT2D eigenvalue weighted by molar-refractivity contribution is 6.58. The number of phenolic OH excluding ortho intramolecular Hbond substituents is 1. The van der Waals surface area contributed by atoms with Crippen LogP contribution in [0.15, 0.2) is 60.2 Å². The predicted octanol–water partition coefficient (Wildman–Crippen LogP) is 6.45. The second-order valence-corrected chi connectivity index (χ2v) is 15.7. The number of halogens is 8. The third kappa shape index (κ3) is 4.94. The van der Waals surface area contributed by atoms with E-state index < -0.39 is 121 Å². The highest BCUT2D eigenvalue weighted by atomic mass is 35.5. The fourth-order valence-corrected chi connectivity index (χ4v) is 10.2. The molecule has 8 rings (SSSR count). The topological polar surface area (TPSA) is 98.2 Å². The minimum absolute atomic E-state index is 0.0667. The summed E-state index contributed by atoms with van der Waals surface area (Å²) in [6.45, 7) is 1.85. The lowest BCUT2D eigenvalue weighted by atomic mass is 9.56. The highest BCUT2D eigenvalue weighted by Crippen LogP contribution is 2.67. The lowest BCUT2D eigenvalue weighted by molar-refractivity contribution is -0.144. The molecule has 16 heteroatoms. The Labute approximate surface area is 313 Å². The zero-order chi connectivity index (χ0) is 38.6. The monoisotopic (exact) mass is 791 g/mol. The van der Waals surface area contributed by atoms with Gasteiger partial charge in [0.1, 0.15) is 5.69 Å². The first-order chi connectivity index (χ1) is 25.6. The summed E-state index contributed by atoms with van der Waals surface area (Å²) < 4.78 is 88.4. The quantitative estimate of drug-likeness (QED) is 0.0797. The number of allylic oxidation sites excluding steroid dienone is 2. The number of rotatable bonds is 5. The first kappa shape index (κ1) is 36.6. The number of anilines is 1. The SMILES string of the molecule is O=C1C2CC=C3C(CC4(Cl)C(=O)N(c5c(F)c(F)c(F)c(F)c5F)C(=O)C4(Cl)C3c3cccc(F)c3O)C2C(=O)N1C1CCN(Cc2ccccc2)CC1. The van der Waals surface area contributed by atoms with Gasteiger partial charge >= 0.3 is 0 Å². The number of hydrogen-bond donors (Lipinski definition) is 1. The van der Waals surface area contributed by atoms with Gasteiger partial charge in [-0.1, -0.05) is 54.1 Å². The fourth-order valence-electron chi connectivity index (χ4n) is 9.24. The number of hydrogen-bond acceptors (Lipinski definition) is 6. The van der Waals surface area contributed by atoms with Crippen LogP contribution in [0.1, 0.15) is 42.7 Å². The Morgan fingerprint density at radius 2 is 1.39 bits per heavy atom. The average molecular weight is 793 g/mol. The van der Waals surface area contributed by atoms with Gasteiger partial charge < -0.3 is 5.11 Å². The van der Waals surface area contributed by atoms with Crippen LogP contribution in [0, 0.1) is 52.7 Å². The Morgan fingerprint density at radius 1 is 0.759 bits per heavy atom. The molecule has 0 radical (unpaired) electrons. The van der Waals surface area contributed by atoms with Gasteiger partial charge in [-0.05, 0) is 43.2 Å². The Kier molecular flexibility index (Phi) is 8.70. The van der Waals surface area contributed by atoms with E-state index in [1.807, 2.05) is 30.3 Å². The minimum Gasteiger partial charge on any atom is -0.505 e. The first-order valence-electron chi connectivity index (χ1n) is 17.2. The molecule has 3 aromatic rings. The van der Waals surface area contributed by atoms with Crippen molar-refractivity contribution < 1.29 is 50.6 Å². The number of fused-ring (bicyclic) bond motifs is 4. The largest absolute Gasteiger partial charge is 0.505 e. The molecule has 2 aliphatic carbocycles. The molecule has 8 nitrogen and oxygen atoms in total. The normalized spacial score (nSPS) is 30.1. The molecule has 0 spiro atoms. The summed E-state index contributed by atoms with van der Waals surface area (Å²) in [6.07, 6.45) is 1.68. The van der Waals surface area contributed by atoms with Crippen LogP contribution in [-0.2, 0) is 25.7 Å². The van der Waals surface area contributed by atoms with Crippen LogP contribution >= 0.6 is 23.2 Å². The summed E-state index contributed by atoms with van der Waals surface area (Å²) in [6, 6.07) is 12.5. The van der Waals surface area contributed by atoms with Crippen LogP contribution in [0.4, 0.5) is 32.0 Å². The average Bonchev–Trinajstić information content (AvgIpc) is 3.50. The van der Waals surface area contributed by atoms with Crippen LogP contribution in [0.5, 0.6) is 5.75 Å². The summed E-state index contributed by atoms with van der Waals surface area (Å²) in [5, 5.41) is 11.0. The number of imide groups is 2. The number of carbonyl (C=O) groups is 4. The molecule has 3 aliphatic heterocycles. The molecule has 282 valence electrons. The van der Waals surface area contributed by atoms with Crippen LogP contribution < -0.4 is 4.90 Å². The number of amides is 4. The van der Waals surface area contributed by atoms with Crippen molar-refractivity contribution in [3.8, 4) is 5.75 Å². The van der Waals surface area contributed by atoms with Gasteiger partial charge in [-0.15, -0.1) is 23.2 Å². The lowest BCUT2D eigenvalue weighted by Crippen LogP contribution is -2.60. The molecule has 4 amide bonds. The van der Waals surface area contributed by atoms with Crippen molar-refractivity contribution in [3.05, 3.63) is 106 Å². The minimum atomic E-state index is -2.87. The summed E-state index contributed by atoms with van der Waals surface area (Å²) in [4.78, 5) is 54.6. The number of aromatic hydroxyl groups is 1. The van der Waals surface area contributed by atoms with Crippen LogP contribution in [0.3, 0.4) is 0 Å². The van der Waals surface area contributed by atoms with Crippen molar-refractivity contribution in [2.45, 2.75) is 53.9 Å². The second-order valence-electron chi connectivity index (χ2n) is 14.4. The second kappa shape index (κ2) is 12.8. The number of alkyl halides is 2.